The molecule has 5 N–H and O–H groups in total. The summed E-state index contributed by atoms with van der Waals surface area (Å²) in [5, 5.41) is 3.47. The molecule has 0 amide bonds. The summed E-state index contributed by atoms with van der Waals surface area (Å²) in [5.41, 5.74) is 10.7. The number of ether oxygens (including phenoxy) is 1. The van der Waals surface area contributed by atoms with E-state index in [-0.39, 0.29) is 0 Å². The van der Waals surface area contributed by atoms with Crippen molar-refractivity contribution in [3.63, 3.8) is 0 Å². The van der Waals surface area contributed by atoms with Gasteiger partial charge in [0.15, 0.2) is 0 Å². The van der Waals surface area contributed by atoms with E-state index in [1.807, 2.05) is 60.9 Å². The van der Waals surface area contributed by atoms with Crippen LogP contribution in [0.5, 0.6) is 11.5 Å². The van der Waals surface area contributed by atoms with Gasteiger partial charge < -0.3 is 25.8 Å². The summed E-state index contributed by atoms with van der Waals surface area (Å²) < 4.78 is 6.05. The Labute approximate surface area is 199 Å². The monoisotopic (exact) mass is 454 g/mol. The van der Waals surface area contributed by atoms with Crippen LogP contribution in [0.25, 0.3) is 28.1 Å². The number of hydrogen-bond donors (Lipinski definition) is 4. The highest BCUT2D eigenvalue weighted by Crippen LogP contribution is 2.29. The lowest BCUT2D eigenvalue weighted by Crippen LogP contribution is -2.14. The molecule has 0 spiro atoms. The van der Waals surface area contributed by atoms with Gasteiger partial charge in [0.05, 0.1) is 29.8 Å². The number of nitrogens with one attached hydrogen (secondary N) is 3. The highest BCUT2D eigenvalue weighted by Gasteiger charge is 2.19. The molecule has 4 aromatic rings. The van der Waals surface area contributed by atoms with Crippen LogP contribution in [0.3, 0.4) is 0 Å². The van der Waals surface area contributed by atoms with Gasteiger partial charge in [0.1, 0.15) is 23.1 Å². The van der Waals surface area contributed by atoms with E-state index in [0.717, 1.165) is 77.0 Å². The van der Waals surface area contributed by atoms with E-state index in [1.165, 1.54) is 6.42 Å². The third kappa shape index (κ3) is 4.95. The van der Waals surface area contributed by atoms with Crippen molar-refractivity contribution in [2.45, 2.75) is 31.7 Å². The third-order valence-electron chi connectivity index (χ3n) is 6.15. The second-order valence-corrected chi connectivity index (χ2v) is 8.62. The van der Waals surface area contributed by atoms with Crippen molar-refractivity contribution in [1.29, 1.82) is 0 Å². The summed E-state index contributed by atoms with van der Waals surface area (Å²) in [6.45, 7) is 5.81. The van der Waals surface area contributed by atoms with E-state index in [4.69, 9.17) is 10.5 Å². The standard InChI is InChI=1S/C27H30N6O/c1-18(4-2-14-28)26-30-16-24(32-26)19-6-10-21(11-7-19)34-22-12-8-20(9-13-22)25-17-31-27(33-25)23-5-3-15-29-23/h6-13,16-17,23,29H,1-5,14-15,28H2,(H,30,32)(H,31,33)/t23-/m0/s1. The first kappa shape index (κ1) is 22.1. The molecule has 0 bridgehead atoms. The van der Waals surface area contributed by atoms with E-state index in [0.29, 0.717) is 12.6 Å². The molecule has 1 fully saturated rings. The fraction of sp³-hybridized carbons (Fsp3) is 0.259. The Kier molecular flexibility index (Phi) is 6.56. The van der Waals surface area contributed by atoms with Crippen LogP contribution in [-0.4, -0.2) is 33.0 Å². The minimum absolute atomic E-state index is 0.336. The van der Waals surface area contributed by atoms with Crippen molar-refractivity contribution in [2.75, 3.05) is 13.1 Å². The van der Waals surface area contributed by atoms with Gasteiger partial charge in [0.25, 0.3) is 0 Å². The Morgan fingerprint density at radius 3 is 2.21 bits per heavy atom. The molecule has 5 rings (SSSR count). The van der Waals surface area contributed by atoms with Gasteiger partial charge in [-0.1, -0.05) is 6.58 Å². The van der Waals surface area contributed by atoms with Crippen LogP contribution in [0.1, 0.15) is 43.4 Å². The Bertz CT molecular complexity index is 1230. The normalized spacial score (nSPS) is 15.5. The predicted molar refractivity (Wildman–Crippen MR) is 135 cm³/mol. The van der Waals surface area contributed by atoms with E-state index >= 15 is 0 Å². The fourth-order valence-electron chi connectivity index (χ4n) is 4.20. The van der Waals surface area contributed by atoms with Crippen molar-refractivity contribution < 1.29 is 4.74 Å². The first-order valence-electron chi connectivity index (χ1n) is 11.8. The molecule has 0 aliphatic carbocycles. The zero-order chi connectivity index (χ0) is 23.3. The molecule has 1 aliphatic heterocycles. The van der Waals surface area contributed by atoms with Crippen LogP contribution < -0.4 is 15.8 Å². The maximum atomic E-state index is 6.05. The summed E-state index contributed by atoms with van der Waals surface area (Å²) in [5.74, 6) is 3.39. The number of nitrogens with two attached hydrogens (primary N) is 1. The average molecular weight is 455 g/mol. The lowest BCUT2D eigenvalue weighted by Gasteiger charge is -2.08. The highest BCUT2D eigenvalue weighted by molar-refractivity contribution is 5.65. The fourth-order valence-corrected chi connectivity index (χ4v) is 4.20. The summed E-state index contributed by atoms with van der Waals surface area (Å²) in [6, 6.07) is 16.4. The zero-order valence-electron chi connectivity index (χ0n) is 19.2. The molecule has 2 aromatic carbocycles. The van der Waals surface area contributed by atoms with Crippen molar-refractivity contribution >= 4 is 5.57 Å². The van der Waals surface area contributed by atoms with E-state index in [1.54, 1.807) is 0 Å². The molecular weight excluding hydrogens is 424 g/mol. The molecule has 1 saturated heterocycles. The molecule has 0 radical (unpaired) electrons. The highest BCUT2D eigenvalue weighted by atomic mass is 16.5. The average Bonchev–Trinajstić information content (AvgIpc) is 3.65. The van der Waals surface area contributed by atoms with E-state index in [9.17, 15) is 0 Å². The number of benzene rings is 2. The number of rotatable bonds is 9. The summed E-state index contributed by atoms with van der Waals surface area (Å²) >= 11 is 0. The van der Waals surface area contributed by atoms with E-state index in [2.05, 4.69) is 31.8 Å². The number of aromatic amines is 2. The SMILES string of the molecule is C=C(CCCN)c1ncc(-c2ccc(Oc3ccc(-c4cnc([C@@H]5CCCN5)[nH]4)cc3)cc2)[nH]1. The first-order valence-corrected chi connectivity index (χ1v) is 11.8. The summed E-state index contributed by atoms with van der Waals surface area (Å²) in [6.07, 6.45) is 7.81. The predicted octanol–water partition coefficient (Wildman–Crippen LogP) is 5.44. The third-order valence-corrected chi connectivity index (χ3v) is 6.15. The van der Waals surface area contributed by atoms with Crippen LogP contribution in [0.2, 0.25) is 0 Å². The lowest BCUT2D eigenvalue weighted by molar-refractivity contribution is 0.483. The van der Waals surface area contributed by atoms with Crippen LogP contribution in [0.15, 0.2) is 67.5 Å². The van der Waals surface area contributed by atoms with Crippen molar-refractivity contribution in [2.24, 2.45) is 5.73 Å². The number of aromatic nitrogens is 4. The molecule has 0 unspecified atom stereocenters. The van der Waals surface area contributed by atoms with Crippen molar-refractivity contribution in [3.8, 4) is 34.0 Å². The van der Waals surface area contributed by atoms with E-state index < -0.39 is 0 Å². The van der Waals surface area contributed by atoms with Crippen LogP contribution >= 0.6 is 0 Å². The van der Waals surface area contributed by atoms with Gasteiger partial charge in [-0.25, -0.2) is 9.97 Å². The molecule has 1 atom stereocenters. The molecule has 1 aliphatic rings. The summed E-state index contributed by atoms with van der Waals surface area (Å²) in [4.78, 5) is 15.8. The minimum Gasteiger partial charge on any atom is -0.457 e. The van der Waals surface area contributed by atoms with Gasteiger partial charge in [-0.15, -0.1) is 0 Å². The topological polar surface area (TPSA) is 105 Å². The lowest BCUT2D eigenvalue weighted by atomic mass is 10.1. The number of nitrogens with zero attached hydrogens (tertiary/aromatic N) is 2. The van der Waals surface area contributed by atoms with Crippen LogP contribution in [-0.2, 0) is 0 Å². The van der Waals surface area contributed by atoms with Gasteiger partial charge >= 0.3 is 0 Å². The summed E-state index contributed by atoms with van der Waals surface area (Å²) in [7, 11) is 0. The molecular formula is C27H30N6O. The first-order chi connectivity index (χ1) is 16.7. The van der Waals surface area contributed by atoms with Crippen LogP contribution in [0.4, 0.5) is 0 Å². The molecule has 0 saturated carbocycles. The molecule has 3 heterocycles. The Morgan fingerprint density at radius 1 is 0.941 bits per heavy atom. The van der Waals surface area contributed by atoms with Gasteiger partial charge in [0.2, 0.25) is 0 Å². The number of H-pyrrole nitrogens is 2. The molecule has 7 heteroatoms. The second kappa shape index (κ2) is 10.1. The maximum Gasteiger partial charge on any atom is 0.133 e. The zero-order valence-corrected chi connectivity index (χ0v) is 19.2. The number of hydrogen-bond acceptors (Lipinski definition) is 5. The number of allylic oxidation sites excluding steroid dienone is 1. The Morgan fingerprint density at radius 2 is 1.59 bits per heavy atom. The molecule has 7 nitrogen and oxygen atoms in total. The smallest absolute Gasteiger partial charge is 0.133 e. The van der Waals surface area contributed by atoms with Gasteiger partial charge in [-0.3, -0.25) is 0 Å². The van der Waals surface area contributed by atoms with Gasteiger partial charge in [-0.2, -0.15) is 0 Å². The van der Waals surface area contributed by atoms with Gasteiger partial charge in [-0.05, 0) is 104 Å². The van der Waals surface area contributed by atoms with Crippen molar-refractivity contribution in [1.82, 2.24) is 25.3 Å². The van der Waals surface area contributed by atoms with Gasteiger partial charge in [0, 0.05) is 0 Å². The quantitative estimate of drug-likeness (QED) is 0.270. The van der Waals surface area contributed by atoms with Crippen LogP contribution in [0, 0.1) is 0 Å². The second-order valence-electron chi connectivity index (χ2n) is 8.62. The molecule has 34 heavy (non-hydrogen) atoms. The maximum absolute atomic E-state index is 6.05. The Hall–Kier alpha value is -3.68. The largest absolute Gasteiger partial charge is 0.457 e. The number of imidazole rings is 2. The molecule has 174 valence electrons. The Balaban J connectivity index is 1.21. The minimum atomic E-state index is 0.336. The molecule has 2 aromatic heterocycles. The van der Waals surface area contributed by atoms with Crippen molar-refractivity contribution in [3.05, 3.63) is 79.2 Å².